The van der Waals surface area contributed by atoms with E-state index in [1.165, 1.54) is 4.90 Å². The molecule has 1 N–H and O–H groups in total. The Morgan fingerprint density at radius 2 is 1.75 bits per heavy atom. The molecule has 0 saturated carbocycles. The van der Waals surface area contributed by atoms with Crippen LogP contribution < -0.4 is 10.2 Å². The highest BCUT2D eigenvalue weighted by atomic mass is 16.2. The van der Waals surface area contributed by atoms with E-state index in [9.17, 15) is 14.4 Å². The van der Waals surface area contributed by atoms with Crippen molar-refractivity contribution >= 4 is 29.1 Å². The maximum absolute atomic E-state index is 13.0. The number of anilines is 2. The second-order valence-corrected chi connectivity index (χ2v) is 7.56. The van der Waals surface area contributed by atoms with Gasteiger partial charge in [0.25, 0.3) is 5.91 Å². The zero-order valence-electron chi connectivity index (χ0n) is 15.9. The highest BCUT2D eigenvalue weighted by molar-refractivity contribution is 6.25. The topological polar surface area (TPSA) is 66.5 Å². The van der Waals surface area contributed by atoms with Gasteiger partial charge in [0, 0.05) is 5.69 Å². The maximum Gasteiger partial charge on any atom is 0.257 e. The van der Waals surface area contributed by atoms with Crippen LogP contribution in [0.2, 0.25) is 0 Å². The van der Waals surface area contributed by atoms with Crippen LogP contribution in [-0.2, 0) is 9.59 Å². The number of imide groups is 1. The molecule has 142 valence electrons. The summed E-state index contributed by atoms with van der Waals surface area (Å²) in [6, 6.07) is 14.3. The van der Waals surface area contributed by atoms with Crippen LogP contribution in [0, 0.1) is 18.8 Å². The average molecular weight is 374 g/mol. The molecule has 2 aromatic rings. The molecule has 1 saturated heterocycles. The second kappa shape index (κ2) is 7.08. The number of amides is 3. The van der Waals surface area contributed by atoms with Crippen LogP contribution in [0.15, 0.2) is 60.2 Å². The average Bonchev–Trinajstić information content (AvgIpc) is 2.91. The number of carbonyl (C=O) groups is 3. The summed E-state index contributed by atoms with van der Waals surface area (Å²) in [7, 11) is 0. The third-order valence-corrected chi connectivity index (χ3v) is 5.49. The molecular formula is C23H22N2O3. The van der Waals surface area contributed by atoms with E-state index < -0.39 is 0 Å². The minimum atomic E-state index is -0.342. The minimum absolute atomic E-state index is 0.210. The molecule has 28 heavy (non-hydrogen) atoms. The number of carbonyl (C=O) groups excluding carboxylic acids is 3. The zero-order chi connectivity index (χ0) is 19.8. The Morgan fingerprint density at radius 3 is 2.54 bits per heavy atom. The van der Waals surface area contributed by atoms with E-state index in [0.29, 0.717) is 29.8 Å². The monoisotopic (exact) mass is 374 g/mol. The highest BCUT2D eigenvalue weighted by Gasteiger charge is 2.49. The third-order valence-electron chi connectivity index (χ3n) is 5.49. The molecule has 1 heterocycles. The van der Waals surface area contributed by atoms with Gasteiger partial charge in [0.2, 0.25) is 11.8 Å². The minimum Gasteiger partial charge on any atom is -0.322 e. The first-order valence-corrected chi connectivity index (χ1v) is 9.46. The van der Waals surface area contributed by atoms with Crippen LogP contribution >= 0.6 is 0 Å². The van der Waals surface area contributed by atoms with Gasteiger partial charge >= 0.3 is 0 Å². The molecule has 0 radical (unpaired) electrons. The number of aryl methyl sites for hydroxylation is 1. The number of fused-ring (bicyclic) bond motifs is 1. The first-order chi connectivity index (χ1) is 13.5. The quantitative estimate of drug-likeness (QED) is 0.650. The Morgan fingerprint density at radius 1 is 1.00 bits per heavy atom. The van der Waals surface area contributed by atoms with E-state index in [1.54, 1.807) is 24.3 Å². The number of allylic oxidation sites excluding steroid dienone is 2. The molecule has 0 bridgehead atoms. The first-order valence-electron chi connectivity index (χ1n) is 9.46. The standard InChI is InChI=1S/C23H22N2O3/c1-14-6-5-7-16(12-14)24-21(26)18-8-3-4-9-20(18)25-22(27)17-11-10-15(2)13-19(17)23(25)28/h3-10,12,17,19H,11,13H2,1-2H3,(H,24,26)/t17-,19-/m1/s1. The highest BCUT2D eigenvalue weighted by Crippen LogP contribution is 2.40. The molecule has 5 heteroatoms. The molecule has 3 amide bonds. The molecule has 0 unspecified atom stereocenters. The van der Waals surface area contributed by atoms with Crippen molar-refractivity contribution in [3.8, 4) is 0 Å². The van der Waals surface area contributed by atoms with Gasteiger partial charge in [0.15, 0.2) is 0 Å². The largest absolute Gasteiger partial charge is 0.322 e. The van der Waals surface area contributed by atoms with Crippen LogP contribution in [0.1, 0.15) is 35.7 Å². The molecule has 4 rings (SSSR count). The lowest BCUT2D eigenvalue weighted by Crippen LogP contribution is -2.33. The first kappa shape index (κ1) is 18.2. The summed E-state index contributed by atoms with van der Waals surface area (Å²) in [6.45, 7) is 3.93. The van der Waals surface area contributed by atoms with Crippen molar-refractivity contribution in [3.63, 3.8) is 0 Å². The lowest BCUT2D eigenvalue weighted by Gasteiger charge is -2.19. The van der Waals surface area contributed by atoms with Crippen molar-refractivity contribution in [1.29, 1.82) is 0 Å². The third kappa shape index (κ3) is 3.13. The fourth-order valence-electron chi connectivity index (χ4n) is 4.06. The lowest BCUT2D eigenvalue weighted by atomic mass is 9.82. The van der Waals surface area contributed by atoms with Gasteiger partial charge in [0.05, 0.1) is 23.1 Å². The predicted molar refractivity (Wildman–Crippen MR) is 108 cm³/mol. The lowest BCUT2D eigenvalue weighted by molar-refractivity contribution is -0.122. The van der Waals surface area contributed by atoms with E-state index in [1.807, 2.05) is 44.2 Å². The number of nitrogens with one attached hydrogen (secondary N) is 1. The summed E-state index contributed by atoms with van der Waals surface area (Å²) in [5, 5.41) is 2.86. The SMILES string of the molecule is CC1=CC[C@H]2C(=O)N(c3ccccc3C(=O)Nc3cccc(C)c3)C(=O)[C@@H]2C1. The summed E-state index contributed by atoms with van der Waals surface area (Å²) in [4.78, 5) is 40.1. The molecule has 2 aromatic carbocycles. The van der Waals surface area contributed by atoms with E-state index in [4.69, 9.17) is 0 Å². The Kier molecular flexibility index (Phi) is 4.59. The molecule has 0 spiro atoms. The van der Waals surface area contributed by atoms with Gasteiger partial charge < -0.3 is 5.32 Å². The second-order valence-electron chi connectivity index (χ2n) is 7.56. The van der Waals surface area contributed by atoms with Gasteiger partial charge in [0.1, 0.15) is 0 Å². The van der Waals surface area contributed by atoms with Gasteiger partial charge in [-0.3, -0.25) is 14.4 Å². The maximum atomic E-state index is 13.0. The van der Waals surface area contributed by atoms with Gasteiger partial charge in [-0.25, -0.2) is 4.90 Å². The van der Waals surface area contributed by atoms with Crippen molar-refractivity contribution in [2.45, 2.75) is 26.7 Å². The van der Waals surface area contributed by atoms with Crippen LogP contribution in [0.4, 0.5) is 11.4 Å². The molecule has 2 atom stereocenters. The van der Waals surface area contributed by atoms with Crippen LogP contribution in [0.5, 0.6) is 0 Å². The molecule has 2 aliphatic rings. The number of nitrogens with zero attached hydrogens (tertiary/aromatic N) is 1. The van der Waals surface area contributed by atoms with Crippen LogP contribution in [-0.4, -0.2) is 17.7 Å². The predicted octanol–water partition coefficient (Wildman–Crippen LogP) is 4.09. The summed E-state index contributed by atoms with van der Waals surface area (Å²) in [5.74, 6) is -1.42. The fraction of sp³-hybridized carbons (Fsp3) is 0.261. The summed E-state index contributed by atoms with van der Waals surface area (Å²) in [5.41, 5.74) is 3.51. The number of hydrogen-bond acceptors (Lipinski definition) is 3. The number of rotatable bonds is 3. The van der Waals surface area contributed by atoms with E-state index in [2.05, 4.69) is 5.32 Å². The number of hydrogen-bond donors (Lipinski definition) is 1. The summed E-state index contributed by atoms with van der Waals surface area (Å²) in [6.07, 6.45) is 3.21. The summed E-state index contributed by atoms with van der Waals surface area (Å²) >= 11 is 0. The molecule has 5 nitrogen and oxygen atoms in total. The van der Waals surface area contributed by atoms with Gasteiger partial charge in [-0.1, -0.05) is 35.9 Å². The van der Waals surface area contributed by atoms with Crippen molar-refractivity contribution in [1.82, 2.24) is 0 Å². The fourth-order valence-corrected chi connectivity index (χ4v) is 4.06. The Hall–Kier alpha value is -3.21. The van der Waals surface area contributed by atoms with E-state index in [0.717, 1.165) is 11.1 Å². The Labute approximate surface area is 164 Å². The number of para-hydroxylation sites is 1. The normalized spacial score (nSPS) is 21.4. The van der Waals surface area contributed by atoms with Crippen LogP contribution in [0.3, 0.4) is 0 Å². The zero-order valence-corrected chi connectivity index (χ0v) is 15.9. The summed E-state index contributed by atoms with van der Waals surface area (Å²) < 4.78 is 0. The Balaban J connectivity index is 1.66. The van der Waals surface area contributed by atoms with E-state index in [-0.39, 0.29) is 29.6 Å². The van der Waals surface area contributed by atoms with Crippen molar-refractivity contribution < 1.29 is 14.4 Å². The van der Waals surface area contributed by atoms with Crippen LogP contribution in [0.25, 0.3) is 0 Å². The van der Waals surface area contributed by atoms with Gasteiger partial charge in [-0.15, -0.1) is 0 Å². The van der Waals surface area contributed by atoms with Crippen molar-refractivity contribution in [3.05, 3.63) is 71.3 Å². The van der Waals surface area contributed by atoms with Gasteiger partial charge in [-0.05, 0) is 56.5 Å². The molecular weight excluding hydrogens is 352 g/mol. The van der Waals surface area contributed by atoms with E-state index >= 15 is 0 Å². The molecule has 1 aliphatic carbocycles. The van der Waals surface area contributed by atoms with Crippen molar-refractivity contribution in [2.75, 3.05) is 10.2 Å². The number of benzene rings is 2. The van der Waals surface area contributed by atoms with Gasteiger partial charge in [-0.2, -0.15) is 0 Å². The molecule has 1 aliphatic heterocycles. The smallest absolute Gasteiger partial charge is 0.257 e. The van der Waals surface area contributed by atoms with Crippen molar-refractivity contribution in [2.24, 2.45) is 11.8 Å². The molecule has 1 fully saturated rings. The Bertz CT molecular complexity index is 1010. The molecule has 0 aromatic heterocycles.